The predicted octanol–water partition coefficient (Wildman–Crippen LogP) is 4.17. The van der Waals surface area contributed by atoms with E-state index in [-0.39, 0.29) is 23.2 Å². The Morgan fingerprint density at radius 3 is 2.13 bits per heavy atom. The minimum atomic E-state index is -0.502. The lowest BCUT2D eigenvalue weighted by Crippen LogP contribution is -2.29. The number of ether oxygens (including phenoxy) is 1. The first-order chi connectivity index (χ1) is 14.6. The standard InChI is InChI=1S/C23H23N3O4/c1-30-15-14-24-20-13-12-19(16-21(20)26(28)29)23(27)25-22(17-8-4-2-5-9-17)18-10-6-3-7-11-18/h2-13,16,22,24H,14-15H2,1H3,(H,25,27). The lowest BCUT2D eigenvalue weighted by molar-refractivity contribution is -0.384. The van der Waals surface area contributed by atoms with Crippen molar-refractivity contribution < 1.29 is 14.5 Å². The first-order valence-corrected chi connectivity index (χ1v) is 9.52. The molecule has 0 bridgehead atoms. The highest BCUT2D eigenvalue weighted by Crippen LogP contribution is 2.27. The van der Waals surface area contributed by atoms with Crippen molar-refractivity contribution in [1.29, 1.82) is 0 Å². The number of methoxy groups -OCH3 is 1. The number of carbonyl (C=O) groups excluding carboxylic acids is 1. The van der Waals surface area contributed by atoms with E-state index >= 15 is 0 Å². The van der Waals surface area contributed by atoms with Crippen LogP contribution in [0.3, 0.4) is 0 Å². The minimum absolute atomic E-state index is 0.158. The first-order valence-electron chi connectivity index (χ1n) is 9.52. The monoisotopic (exact) mass is 405 g/mol. The van der Waals surface area contributed by atoms with E-state index in [1.54, 1.807) is 19.2 Å². The molecule has 0 unspecified atom stereocenters. The Morgan fingerprint density at radius 2 is 1.60 bits per heavy atom. The summed E-state index contributed by atoms with van der Waals surface area (Å²) in [6.45, 7) is 0.836. The summed E-state index contributed by atoms with van der Waals surface area (Å²) in [4.78, 5) is 24.0. The van der Waals surface area contributed by atoms with Gasteiger partial charge in [0.25, 0.3) is 11.6 Å². The van der Waals surface area contributed by atoms with Gasteiger partial charge in [-0.15, -0.1) is 0 Å². The minimum Gasteiger partial charge on any atom is -0.383 e. The first kappa shape index (κ1) is 21.0. The molecule has 0 fully saturated rings. The predicted molar refractivity (Wildman–Crippen MR) is 116 cm³/mol. The van der Waals surface area contributed by atoms with Crippen LogP contribution in [-0.4, -0.2) is 31.1 Å². The third-order valence-electron chi connectivity index (χ3n) is 4.62. The second-order valence-electron chi connectivity index (χ2n) is 6.64. The maximum absolute atomic E-state index is 13.0. The van der Waals surface area contributed by atoms with Gasteiger partial charge in [0.05, 0.1) is 17.6 Å². The van der Waals surface area contributed by atoms with Gasteiger partial charge in [-0.1, -0.05) is 60.7 Å². The van der Waals surface area contributed by atoms with Crippen LogP contribution in [0.25, 0.3) is 0 Å². The number of nitrogens with one attached hydrogen (secondary N) is 2. The maximum atomic E-state index is 13.0. The average molecular weight is 405 g/mol. The van der Waals surface area contributed by atoms with Gasteiger partial charge < -0.3 is 15.4 Å². The number of rotatable bonds is 9. The van der Waals surface area contributed by atoms with Gasteiger partial charge in [0.1, 0.15) is 5.69 Å². The second kappa shape index (κ2) is 10.2. The van der Waals surface area contributed by atoms with Crippen LogP contribution in [0.2, 0.25) is 0 Å². The summed E-state index contributed by atoms with van der Waals surface area (Å²) in [7, 11) is 1.55. The molecule has 0 aliphatic carbocycles. The summed E-state index contributed by atoms with van der Waals surface area (Å²) in [5, 5.41) is 17.5. The highest BCUT2D eigenvalue weighted by Gasteiger charge is 2.21. The Hall–Kier alpha value is -3.71. The number of nitrogens with zero attached hydrogens (tertiary/aromatic N) is 1. The van der Waals surface area contributed by atoms with Crippen LogP contribution in [0, 0.1) is 10.1 Å². The van der Waals surface area contributed by atoms with Crippen molar-refractivity contribution in [1.82, 2.24) is 5.32 Å². The number of carbonyl (C=O) groups is 1. The fourth-order valence-electron chi connectivity index (χ4n) is 3.13. The molecule has 0 spiro atoms. The van der Waals surface area contributed by atoms with E-state index in [2.05, 4.69) is 10.6 Å². The molecule has 0 aromatic heterocycles. The summed E-state index contributed by atoms with van der Waals surface area (Å²) < 4.78 is 4.96. The van der Waals surface area contributed by atoms with Crippen LogP contribution in [0.15, 0.2) is 78.9 Å². The Bertz CT molecular complexity index is 954. The van der Waals surface area contributed by atoms with Gasteiger partial charge in [0.2, 0.25) is 0 Å². The number of nitro groups is 1. The smallest absolute Gasteiger partial charge is 0.293 e. The van der Waals surface area contributed by atoms with Gasteiger partial charge >= 0.3 is 0 Å². The van der Waals surface area contributed by atoms with Gasteiger partial charge in [-0.05, 0) is 23.3 Å². The largest absolute Gasteiger partial charge is 0.383 e. The zero-order chi connectivity index (χ0) is 21.3. The number of benzene rings is 3. The fourth-order valence-corrected chi connectivity index (χ4v) is 3.13. The van der Waals surface area contributed by atoms with Gasteiger partial charge in [-0.25, -0.2) is 0 Å². The molecule has 3 aromatic rings. The van der Waals surface area contributed by atoms with Crippen molar-refractivity contribution in [3.05, 3.63) is 106 Å². The average Bonchev–Trinajstić information content (AvgIpc) is 2.78. The van der Waals surface area contributed by atoms with Gasteiger partial charge in [-0.3, -0.25) is 14.9 Å². The Balaban J connectivity index is 1.87. The molecule has 30 heavy (non-hydrogen) atoms. The highest BCUT2D eigenvalue weighted by molar-refractivity contribution is 5.96. The van der Waals surface area contributed by atoms with E-state index in [4.69, 9.17) is 4.74 Å². The molecule has 0 atom stereocenters. The molecule has 0 radical (unpaired) electrons. The fraction of sp³-hybridized carbons (Fsp3) is 0.174. The summed E-state index contributed by atoms with van der Waals surface area (Å²) >= 11 is 0. The van der Waals surface area contributed by atoms with Gasteiger partial charge in [0, 0.05) is 25.3 Å². The quantitative estimate of drug-likeness (QED) is 0.317. The maximum Gasteiger partial charge on any atom is 0.293 e. The summed E-state index contributed by atoms with van der Waals surface area (Å²) in [6.07, 6.45) is 0. The van der Waals surface area contributed by atoms with E-state index in [1.165, 1.54) is 6.07 Å². The molecule has 7 nitrogen and oxygen atoms in total. The zero-order valence-electron chi connectivity index (χ0n) is 16.6. The summed E-state index contributed by atoms with van der Waals surface area (Å²) in [5.74, 6) is -0.390. The number of hydrogen-bond acceptors (Lipinski definition) is 5. The highest BCUT2D eigenvalue weighted by atomic mass is 16.6. The van der Waals surface area contributed by atoms with Crippen LogP contribution in [0.5, 0.6) is 0 Å². The molecular formula is C23H23N3O4. The SMILES string of the molecule is COCCNc1ccc(C(=O)NC(c2ccccc2)c2ccccc2)cc1[N+](=O)[O-]. The zero-order valence-corrected chi connectivity index (χ0v) is 16.6. The van der Waals surface area contributed by atoms with Crippen molar-refractivity contribution in [3.8, 4) is 0 Å². The molecule has 1 amide bonds. The normalized spacial score (nSPS) is 10.6. The van der Waals surface area contributed by atoms with Crippen molar-refractivity contribution in [2.45, 2.75) is 6.04 Å². The van der Waals surface area contributed by atoms with E-state index in [0.717, 1.165) is 11.1 Å². The topological polar surface area (TPSA) is 93.5 Å². The van der Waals surface area contributed by atoms with Crippen LogP contribution in [-0.2, 0) is 4.74 Å². The molecule has 3 aromatic carbocycles. The van der Waals surface area contributed by atoms with Crippen molar-refractivity contribution >= 4 is 17.3 Å². The van der Waals surface area contributed by atoms with Crippen molar-refractivity contribution in [2.24, 2.45) is 0 Å². The molecule has 3 rings (SSSR count). The Labute approximate surface area is 174 Å². The second-order valence-corrected chi connectivity index (χ2v) is 6.64. The van der Waals surface area contributed by atoms with Crippen molar-refractivity contribution in [2.75, 3.05) is 25.6 Å². The van der Waals surface area contributed by atoms with Crippen molar-refractivity contribution in [3.63, 3.8) is 0 Å². The number of amides is 1. The van der Waals surface area contributed by atoms with Crippen LogP contribution in [0.4, 0.5) is 11.4 Å². The molecule has 154 valence electrons. The van der Waals surface area contributed by atoms with Crippen LogP contribution < -0.4 is 10.6 Å². The molecule has 7 heteroatoms. The molecule has 2 N–H and O–H groups in total. The van der Waals surface area contributed by atoms with E-state index in [9.17, 15) is 14.9 Å². The van der Waals surface area contributed by atoms with Crippen LogP contribution >= 0.6 is 0 Å². The summed E-state index contributed by atoms with van der Waals surface area (Å²) in [5.41, 5.74) is 2.25. The summed E-state index contributed by atoms with van der Waals surface area (Å²) in [6, 6.07) is 23.2. The van der Waals surface area contributed by atoms with E-state index in [0.29, 0.717) is 18.8 Å². The van der Waals surface area contributed by atoms with Crippen LogP contribution in [0.1, 0.15) is 27.5 Å². The van der Waals surface area contributed by atoms with Gasteiger partial charge in [-0.2, -0.15) is 0 Å². The lowest BCUT2D eigenvalue weighted by atomic mass is 9.98. The van der Waals surface area contributed by atoms with E-state index < -0.39 is 4.92 Å². The van der Waals surface area contributed by atoms with Gasteiger partial charge in [0.15, 0.2) is 0 Å². The Morgan fingerprint density at radius 1 is 1.00 bits per heavy atom. The molecular weight excluding hydrogens is 382 g/mol. The third-order valence-corrected chi connectivity index (χ3v) is 4.62. The molecule has 0 saturated heterocycles. The molecule has 0 aliphatic heterocycles. The molecule has 0 aliphatic rings. The number of anilines is 1. The molecule has 0 saturated carbocycles. The third kappa shape index (κ3) is 5.21. The number of hydrogen-bond donors (Lipinski definition) is 2. The Kier molecular flexibility index (Phi) is 7.13. The lowest BCUT2D eigenvalue weighted by Gasteiger charge is -2.20. The number of nitro benzene ring substituents is 1. The molecule has 0 heterocycles. The van der Waals surface area contributed by atoms with E-state index in [1.807, 2.05) is 60.7 Å².